The van der Waals surface area contributed by atoms with Gasteiger partial charge in [-0.2, -0.15) is 13.2 Å². The lowest BCUT2D eigenvalue weighted by Gasteiger charge is -2.35. The van der Waals surface area contributed by atoms with E-state index >= 15 is 0 Å². The summed E-state index contributed by atoms with van der Waals surface area (Å²) in [5, 5.41) is 4.31. The van der Waals surface area contributed by atoms with Gasteiger partial charge in [0.25, 0.3) is 0 Å². The Morgan fingerprint density at radius 1 is 1.09 bits per heavy atom. The monoisotopic (exact) mass is 468 g/mol. The van der Waals surface area contributed by atoms with Gasteiger partial charge < -0.3 is 10.2 Å². The molecule has 2 atom stereocenters. The molecule has 2 aliphatic heterocycles. The second kappa shape index (κ2) is 8.48. The molecule has 9 heteroatoms. The van der Waals surface area contributed by atoms with E-state index in [0.717, 1.165) is 37.1 Å². The summed E-state index contributed by atoms with van der Waals surface area (Å²) in [6.07, 6.45) is 2.83. The van der Waals surface area contributed by atoms with E-state index in [1.54, 1.807) is 7.05 Å². The zero-order valence-electron chi connectivity index (χ0n) is 18.1. The molecule has 3 aliphatic rings. The number of aromatic nitrogens is 1. The lowest BCUT2D eigenvalue weighted by atomic mass is 9.93. The highest BCUT2D eigenvalue weighted by molar-refractivity contribution is 7.20. The van der Waals surface area contributed by atoms with Gasteiger partial charge in [0.05, 0.1) is 5.56 Å². The maximum Gasteiger partial charge on any atom is 0.419 e. The summed E-state index contributed by atoms with van der Waals surface area (Å²) in [5.41, 5.74) is -1.04. The number of hydrogen-bond donors (Lipinski definition) is 1. The second-order valence-corrected chi connectivity index (χ2v) is 10.1. The van der Waals surface area contributed by atoms with Crippen LogP contribution in [0.1, 0.15) is 44.1 Å². The van der Waals surface area contributed by atoms with Crippen LogP contribution in [0, 0.1) is 11.7 Å². The first kappa shape index (κ1) is 21.9. The van der Waals surface area contributed by atoms with Crippen LogP contribution in [0.15, 0.2) is 18.2 Å². The maximum absolute atomic E-state index is 15.0. The molecule has 0 bridgehead atoms. The van der Waals surface area contributed by atoms with Crippen LogP contribution in [0.5, 0.6) is 0 Å². The first-order valence-electron chi connectivity index (χ1n) is 11.4. The largest absolute Gasteiger partial charge is 0.419 e. The summed E-state index contributed by atoms with van der Waals surface area (Å²) >= 11 is 1.39. The number of thiazole rings is 1. The molecule has 4 nitrogen and oxygen atoms in total. The van der Waals surface area contributed by atoms with Gasteiger partial charge in [-0.05, 0) is 43.9 Å². The van der Waals surface area contributed by atoms with Crippen molar-refractivity contribution in [1.29, 1.82) is 0 Å². The number of hydrogen-bond acceptors (Lipinski definition) is 5. The number of alkyl halides is 3. The summed E-state index contributed by atoms with van der Waals surface area (Å²) in [4.78, 5) is 9.37. The van der Waals surface area contributed by atoms with Crippen LogP contribution in [-0.4, -0.2) is 48.6 Å². The van der Waals surface area contributed by atoms with E-state index in [9.17, 15) is 17.6 Å². The van der Waals surface area contributed by atoms with Crippen LogP contribution in [0.2, 0.25) is 0 Å². The Bertz CT molecular complexity index is 969. The van der Waals surface area contributed by atoms with Crippen molar-refractivity contribution in [3.63, 3.8) is 0 Å². The topological polar surface area (TPSA) is 31.4 Å². The molecule has 5 rings (SSSR count). The first-order valence-corrected chi connectivity index (χ1v) is 12.2. The van der Waals surface area contributed by atoms with Crippen molar-refractivity contribution in [3.05, 3.63) is 29.6 Å². The highest BCUT2D eigenvalue weighted by atomic mass is 32.1. The number of nitrogens with one attached hydrogen (secondary N) is 1. The van der Waals surface area contributed by atoms with Crippen molar-refractivity contribution in [3.8, 4) is 11.3 Å². The van der Waals surface area contributed by atoms with E-state index in [1.165, 1.54) is 55.6 Å². The highest BCUT2D eigenvalue weighted by Gasteiger charge is 2.45. The Balaban J connectivity index is 1.46. The molecular weight excluding hydrogens is 440 g/mol. The Morgan fingerprint density at radius 2 is 1.88 bits per heavy atom. The predicted molar refractivity (Wildman–Crippen MR) is 120 cm³/mol. The fourth-order valence-corrected chi connectivity index (χ4v) is 6.72. The van der Waals surface area contributed by atoms with Gasteiger partial charge in [-0.1, -0.05) is 36.7 Å². The molecule has 0 spiro atoms. The molecule has 1 aromatic carbocycles. The van der Waals surface area contributed by atoms with E-state index in [1.807, 2.05) is 0 Å². The smallest absolute Gasteiger partial charge is 0.365 e. The Hall–Kier alpha value is -1.87. The molecule has 0 amide bonds. The summed E-state index contributed by atoms with van der Waals surface area (Å²) in [6.45, 7) is 2.79. The van der Waals surface area contributed by atoms with Crippen LogP contribution in [0.25, 0.3) is 11.3 Å². The second-order valence-electron chi connectivity index (χ2n) is 9.14. The van der Waals surface area contributed by atoms with E-state index in [0.29, 0.717) is 28.8 Å². The molecule has 2 unspecified atom stereocenters. The minimum absolute atomic E-state index is 0.0891. The van der Waals surface area contributed by atoms with Crippen LogP contribution in [-0.2, 0) is 6.18 Å². The van der Waals surface area contributed by atoms with E-state index in [2.05, 4.69) is 20.1 Å². The lowest BCUT2D eigenvalue weighted by molar-refractivity contribution is -0.139. The SMILES string of the molecule is CNc1nc(-c2cccc(C(F)(F)F)c2F)c(N2CC3CCN(C4CCCCC4)C3C2)s1. The van der Waals surface area contributed by atoms with Crippen molar-refractivity contribution in [1.82, 2.24) is 9.88 Å². The molecule has 3 heterocycles. The third kappa shape index (κ3) is 3.87. The molecule has 0 radical (unpaired) electrons. The maximum atomic E-state index is 15.0. The summed E-state index contributed by atoms with van der Waals surface area (Å²) in [6, 6.07) is 4.54. The van der Waals surface area contributed by atoms with E-state index < -0.39 is 17.6 Å². The van der Waals surface area contributed by atoms with Gasteiger partial charge in [0, 0.05) is 37.8 Å². The van der Waals surface area contributed by atoms with Gasteiger partial charge >= 0.3 is 6.18 Å². The quantitative estimate of drug-likeness (QED) is 0.570. The number of fused-ring (bicyclic) bond motifs is 1. The number of nitrogens with zero attached hydrogens (tertiary/aromatic N) is 3. The molecule has 32 heavy (non-hydrogen) atoms. The van der Waals surface area contributed by atoms with Crippen LogP contribution in [0.3, 0.4) is 0 Å². The number of benzene rings is 1. The third-order valence-electron chi connectivity index (χ3n) is 7.30. The summed E-state index contributed by atoms with van der Waals surface area (Å²) < 4.78 is 54.9. The molecular formula is C23H28F4N4S. The number of likely N-dealkylation sites (tertiary alicyclic amines) is 1. The van der Waals surface area contributed by atoms with E-state index in [4.69, 9.17) is 0 Å². The Morgan fingerprint density at radius 3 is 2.59 bits per heavy atom. The van der Waals surface area contributed by atoms with Gasteiger partial charge in [-0.15, -0.1) is 0 Å². The van der Waals surface area contributed by atoms with Crippen molar-refractivity contribution >= 4 is 21.5 Å². The van der Waals surface area contributed by atoms with Gasteiger partial charge in [-0.3, -0.25) is 4.90 Å². The van der Waals surface area contributed by atoms with Gasteiger partial charge in [-0.25, -0.2) is 9.37 Å². The van der Waals surface area contributed by atoms with E-state index in [-0.39, 0.29) is 5.56 Å². The molecule has 2 aromatic rings. The van der Waals surface area contributed by atoms with Crippen molar-refractivity contribution in [2.75, 3.05) is 36.9 Å². The average molecular weight is 469 g/mol. The van der Waals surface area contributed by atoms with Crippen LogP contribution < -0.4 is 10.2 Å². The molecule has 1 aromatic heterocycles. The predicted octanol–water partition coefficient (Wildman–Crippen LogP) is 5.85. The van der Waals surface area contributed by atoms with Gasteiger partial charge in [0.2, 0.25) is 0 Å². The number of halogens is 4. The number of anilines is 2. The zero-order chi connectivity index (χ0) is 22.5. The fourth-order valence-electron chi connectivity index (χ4n) is 5.77. The molecule has 3 fully saturated rings. The normalized spacial score (nSPS) is 24.8. The van der Waals surface area contributed by atoms with Crippen molar-refractivity contribution in [2.45, 2.75) is 56.8 Å². The van der Waals surface area contributed by atoms with Crippen LogP contribution >= 0.6 is 11.3 Å². The first-order chi connectivity index (χ1) is 15.4. The van der Waals surface area contributed by atoms with Gasteiger partial charge in [0.1, 0.15) is 16.5 Å². The zero-order valence-corrected chi connectivity index (χ0v) is 18.9. The highest BCUT2D eigenvalue weighted by Crippen LogP contribution is 2.46. The molecule has 174 valence electrons. The number of rotatable bonds is 4. The minimum Gasteiger partial charge on any atom is -0.365 e. The molecule has 2 saturated heterocycles. The molecule has 1 saturated carbocycles. The Kier molecular flexibility index (Phi) is 5.82. The van der Waals surface area contributed by atoms with Crippen LogP contribution in [0.4, 0.5) is 27.7 Å². The fraction of sp³-hybridized carbons (Fsp3) is 0.609. The summed E-state index contributed by atoms with van der Waals surface area (Å²) in [5.74, 6) is -0.714. The summed E-state index contributed by atoms with van der Waals surface area (Å²) in [7, 11) is 1.72. The minimum atomic E-state index is -4.74. The Labute approximate surface area is 189 Å². The van der Waals surface area contributed by atoms with Crippen molar-refractivity contribution < 1.29 is 17.6 Å². The molecule has 1 N–H and O–H groups in total. The van der Waals surface area contributed by atoms with Gasteiger partial charge in [0.15, 0.2) is 5.13 Å². The standard InChI is InChI=1S/C23H28F4N4S/c1-28-22-29-20(16-8-5-9-17(19(16)24)23(25,26)27)21(32-22)30-12-14-10-11-31(18(14)13-30)15-6-3-2-4-7-15/h5,8-9,14-15,18H,2-4,6-7,10-13H2,1H3,(H,28,29). The average Bonchev–Trinajstić information content (AvgIpc) is 3.47. The third-order valence-corrected chi connectivity index (χ3v) is 8.44. The lowest BCUT2D eigenvalue weighted by Crippen LogP contribution is -2.43. The molecule has 1 aliphatic carbocycles. The van der Waals surface area contributed by atoms with Crippen molar-refractivity contribution in [2.24, 2.45) is 5.92 Å².